The number of aliphatic hydroxyl groups excluding tert-OH is 6. The Bertz CT molecular complexity index is 4840. The smallest absolute Gasteiger partial charge is 0.330 e. The molecule has 2 fully saturated rings. The second-order valence-electron chi connectivity index (χ2n) is 32.0. The standard InChI is InChI=1S/C84H106Cl2N12O25/c1-37(2)24-40-8-10-41(11-9-40)35-90-18-19-92-84(6)33-61(118-39(5)75(84)108)122-74-72(107)71(106)59(34-87)121-83(74)123-73-57-29-45-30-58(73)120-56-17-14-44(28-50(56)86)69(104)67-81(114)96-65(82(115)116)47-31-54(101)48(36-91-20-22-117-23-21-99)70(105)62(47)46-26-42(12-15-53(46)100)63(78(111)98-67)95-79(112)64(45)94-77(110)52(32-60(88)102)93-80(113)66(97-76(109)51(89-7)25-38(3)4)68(103)43-13-16-55(119-57)49(85)27-43/h8-17,26-31,37-39,51-52,59,61,63-69,71-72,74-75,83,89-92,99-101,103-108H,18-25,32-36,87H2,1-7H3,(H2,88,102)(H,93,113)(H,94,110)(H,95,112)(H,96,114)(H,97,109)(H,98,111)(H,115,116)/t39-,51+,52-,59+,61-,63+,64+,65-,66+,67-,68+,69+,71+,72-,74+,75+,83-,84-/m0/s1. The first-order chi connectivity index (χ1) is 58.5. The first-order valence-corrected chi connectivity index (χ1v) is 41.0. The molecule has 7 aliphatic rings. The van der Waals surface area contributed by atoms with Crippen LogP contribution in [0.4, 0.5) is 0 Å². The Labute approximate surface area is 717 Å². The summed E-state index contributed by atoms with van der Waals surface area (Å²) in [5.74, 6) is -15.5. The van der Waals surface area contributed by atoms with Gasteiger partial charge in [-0.1, -0.05) is 93.4 Å². The van der Waals surface area contributed by atoms with E-state index >= 15 is 24.0 Å². The highest BCUT2D eigenvalue weighted by Gasteiger charge is 2.52. The molecule has 13 rings (SSSR count). The Hall–Kier alpha value is -10.1. The Balaban J connectivity index is 1.09. The van der Waals surface area contributed by atoms with E-state index in [9.17, 15) is 65.4 Å². The van der Waals surface area contributed by atoms with Gasteiger partial charge in [0.1, 0.15) is 89.5 Å². The highest BCUT2D eigenvalue weighted by Crippen LogP contribution is 2.51. The predicted octanol–water partition coefficient (Wildman–Crippen LogP) is 1.79. The molecule has 6 aromatic rings. The number of ether oxygens (including phenoxy) is 7. The fourth-order valence-electron chi connectivity index (χ4n) is 15.4. The number of benzene rings is 6. The maximum atomic E-state index is 16.4. The van der Waals surface area contributed by atoms with Crippen LogP contribution < -0.4 is 78.8 Å². The number of phenols is 3. The molecule has 37 nitrogen and oxygen atoms in total. The van der Waals surface area contributed by atoms with Gasteiger partial charge >= 0.3 is 5.97 Å². The van der Waals surface area contributed by atoms with Crippen molar-refractivity contribution >= 4 is 70.5 Å². The summed E-state index contributed by atoms with van der Waals surface area (Å²) in [6, 6.07) is 6.94. The third-order valence-corrected chi connectivity index (χ3v) is 22.4. The minimum atomic E-state index is -2.37. The number of nitrogens with one attached hydrogen (secondary N) is 10. The van der Waals surface area contributed by atoms with Crippen LogP contribution >= 0.6 is 23.2 Å². The molecule has 123 heavy (non-hydrogen) atoms. The highest BCUT2D eigenvalue weighted by molar-refractivity contribution is 6.32. The fourth-order valence-corrected chi connectivity index (χ4v) is 15.8. The molecule has 2 saturated heterocycles. The van der Waals surface area contributed by atoms with Gasteiger partial charge in [0.15, 0.2) is 29.9 Å². The van der Waals surface area contributed by atoms with Crippen LogP contribution in [0.5, 0.6) is 46.0 Å². The predicted molar refractivity (Wildman–Crippen MR) is 441 cm³/mol. The summed E-state index contributed by atoms with van der Waals surface area (Å²) in [5.41, 5.74) is 9.94. The van der Waals surface area contributed by atoms with Crippen LogP contribution in [-0.2, 0) is 76.8 Å². The number of carbonyl (C=O) groups excluding carboxylic acids is 7. The molecule has 666 valence electrons. The number of carboxylic acids is 1. The number of halogens is 2. The van der Waals surface area contributed by atoms with Crippen molar-refractivity contribution in [1.82, 2.24) is 53.2 Å². The Morgan fingerprint density at radius 1 is 0.667 bits per heavy atom. The minimum Gasteiger partial charge on any atom is -0.507 e. The SMILES string of the molecule is CN[C@H](CC(C)C)C(=O)N[C@H]1C(=O)N[C@@H](CC(N)=O)C(=O)N[C@H]2C(=O)N[C@H]3C(=O)N[C@H](C(=O)N[C@H](C(=O)O)c4cc(O)c(CNCCOCCO)c(O)c4-c4cc3ccc4O)[C@H](O)c3ccc(c(Cl)c3)Oc3cc2cc(c3O[C@@H]2O[C@H](CN)[C@@H](O)[C@H](O)[C@H]2O[C@H]2C[C@](C)(NCCNCc3ccc(CC(C)C)cc3)[C@H](O)[C@H](C)O2)Oc2ccc(cc2Cl)[C@H]1O. The van der Waals surface area contributed by atoms with Gasteiger partial charge in [0, 0.05) is 67.9 Å². The quantitative estimate of drug-likeness (QED) is 0.0311. The number of carbonyl (C=O) groups is 8. The molecule has 0 radical (unpaired) electrons. The maximum absolute atomic E-state index is 16.4. The van der Waals surface area contributed by atoms with E-state index in [1.165, 1.54) is 24.7 Å². The Morgan fingerprint density at radius 2 is 1.29 bits per heavy atom. The van der Waals surface area contributed by atoms with E-state index in [0.717, 1.165) is 72.6 Å². The number of amides is 7. The zero-order valence-electron chi connectivity index (χ0n) is 68.4. The molecular weight excluding hydrogens is 1650 g/mol. The van der Waals surface area contributed by atoms with Crippen LogP contribution in [0.25, 0.3) is 11.1 Å². The van der Waals surface area contributed by atoms with Gasteiger partial charge in [0.2, 0.25) is 53.4 Å². The number of fused-ring (bicyclic) bond motifs is 15. The number of hydrogen-bond acceptors (Lipinski definition) is 29. The van der Waals surface area contributed by atoms with Crippen LogP contribution in [0.15, 0.2) is 97.1 Å². The summed E-state index contributed by atoms with van der Waals surface area (Å²) in [4.78, 5) is 119. The maximum Gasteiger partial charge on any atom is 0.330 e. The lowest BCUT2D eigenvalue weighted by molar-refractivity contribution is -0.331. The number of likely N-dealkylation sites (N-methyl/N-ethyl adjacent to an activating group) is 1. The molecule has 11 bridgehead atoms. The van der Waals surface area contributed by atoms with Crippen molar-refractivity contribution in [1.29, 1.82) is 0 Å². The van der Waals surface area contributed by atoms with E-state index in [4.69, 9.17) is 67.8 Å². The van der Waals surface area contributed by atoms with Gasteiger partial charge in [-0.3, -0.25) is 33.6 Å². The number of hydrogen-bond donors (Lipinski definition) is 22. The van der Waals surface area contributed by atoms with Crippen LogP contribution in [0.1, 0.15) is 136 Å². The molecule has 6 aromatic carbocycles. The van der Waals surface area contributed by atoms with E-state index in [1.807, 2.05) is 13.8 Å². The first kappa shape index (κ1) is 93.6. The molecule has 18 atom stereocenters. The number of nitrogens with two attached hydrogens (primary N) is 2. The van der Waals surface area contributed by atoms with Gasteiger partial charge in [-0.2, -0.15) is 0 Å². The van der Waals surface area contributed by atoms with Crippen molar-refractivity contribution in [2.75, 3.05) is 53.0 Å². The largest absolute Gasteiger partial charge is 0.507 e. The highest BCUT2D eigenvalue weighted by atomic mass is 35.5. The van der Waals surface area contributed by atoms with Crippen molar-refractivity contribution in [3.8, 4) is 57.1 Å². The number of rotatable bonds is 28. The summed E-state index contributed by atoms with van der Waals surface area (Å²) < 4.78 is 45.2. The summed E-state index contributed by atoms with van der Waals surface area (Å²) in [5, 5.41) is 144. The van der Waals surface area contributed by atoms with Crippen molar-refractivity contribution in [3.05, 3.63) is 152 Å². The Morgan fingerprint density at radius 3 is 1.91 bits per heavy atom. The molecule has 7 heterocycles. The third-order valence-electron chi connectivity index (χ3n) is 21.9. The van der Waals surface area contributed by atoms with Crippen LogP contribution in [-0.4, -0.2) is 230 Å². The van der Waals surface area contributed by atoms with E-state index in [0.29, 0.717) is 25.6 Å². The van der Waals surface area contributed by atoms with Crippen molar-refractivity contribution in [3.63, 3.8) is 0 Å². The average Bonchev–Trinajstić information content (AvgIpc) is 0.761. The van der Waals surface area contributed by atoms with Gasteiger partial charge in [-0.25, -0.2) is 4.79 Å². The van der Waals surface area contributed by atoms with Gasteiger partial charge in [-0.15, -0.1) is 0 Å². The van der Waals surface area contributed by atoms with E-state index in [-0.39, 0.29) is 90.4 Å². The van der Waals surface area contributed by atoms with Gasteiger partial charge in [0.05, 0.1) is 60.1 Å². The molecular formula is C84H106Cl2N12O25. The topological polar surface area (TPSA) is 576 Å². The summed E-state index contributed by atoms with van der Waals surface area (Å²) in [6.45, 7) is 11.5. The monoisotopic (exact) mass is 1750 g/mol. The number of aliphatic hydroxyl groups is 6. The number of aromatic hydroxyl groups is 3. The average molecular weight is 1750 g/mol. The normalized spacial score (nSPS) is 26.3. The van der Waals surface area contributed by atoms with E-state index < -0.39 is 231 Å². The van der Waals surface area contributed by atoms with Gasteiger partial charge < -0.3 is 149 Å². The number of aliphatic carboxylic acids is 1. The summed E-state index contributed by atoms with van der Waals surface area (Å²) >= 11 is 14.4. The lowest BCUT2D eigenvalue weighted by Crippen LogP contribution is -2.66. The molecule has 7 aliphatic heterocycles. The van der Waals surface area contributed by atoms with Crippen LogP contribution in [0.2, 0.25) is 10.0 Å². The molecule has 0 aliphatic carbocycles. The molecule has 0 aromatic heterocycles. The number of primary amides is 1. The fraction of sp³-hybridized carbons (Fsp3) is 0.476. The molecule has 0 saturated carbocycles. The Kier molecular flexibility index (Phi) is 31.3. The molecule has 0 unspecified atom stereocenters. The van der Waals surface area contributed by atoms with Gasteiger partial charge in [-0.05, 0) is 134 Å². The molecule has 24 N–H and O–H groups in total. The number of carboxylic acid groups (broad SMARTS) is 1. The molecule has 7 amide bonds. The van der Waals surface area contributed by atoms with Crippen molar-refractivity contribution in [2.24, 2.45) is 23.3 Å². The van der Waals surface area contributed by atoms with Crippen molar-refractivity contribution in [2.45, 2.75) is 190 Å². The third kappa shape index (κ3) is 22.2. The van der Waals surface area contributed by atoms with E-state index in [1.54, 1.807) is 13.8 Å². The molecule has 39 heteroatoms. The van der Waals surface area contributed by atoms with Crippen molar-refractivity contribution < 1.29 is 123 Å². The van der Waals surface area contributed by atoms with Crippen LogP contribution in [0.3, 0.4) is 0 Å². The van der Waals surface area contributed by atoms with Gasteiger partial charge in [0.25, 0.3) is 0 Å². The summed E-state index contributed by atoms with van der Waals surface area (Å²) in [6.07, 6.45) is -17.0. The lowest BCUT2D eigenvalue weighted by Gasteiger charge is -2.48. The number of phenolic OH excluding ortho intramolecular Hbond substituents is 3. The lowest BCUT2D eigenvalue weighted by atomic mass is 9.85. The van der Waals surface area contributed by atoms with Crippen LogP contribution in [0, 0.1) is 11.8 Å². The zero-order valence-corrected chi connectivity index (χ0v) is 69.9. The second-order valence-corrected chi connectivity index (χ2v) is 32.8. The minimum absolute atomic E-state index is 0.0189. The zero-order chi connectivity index (χ0) is 89.2. The molecule has 0 spiro atoms. The van der Waals surface area contributed by atoms with E-state index in [2.05, 4.69) is 91.3 Å². The first-order valence-electron chi connectivity index (χ1n) is 40.2. The second kappa shape index (κ2) is 41.1. The summed E-state index contributed by atoms with van der Waals surface area (Å²) in [7, 11) is 1.48.